The van der Waals surface area contributed by atoms with E-state index in [1.165, 1.54) is 34.1 Å². The van der Waals surface area contributed by atoms with Crippen LogP contribution < -0.4 is 9.44 Å². The highest BCUT2D eigenvalue weighted by molar-refractivity contribution is 7.89. The van der Waals surface area contributed by atoms with Gasteiger partial charge < -0.3 is 34.0 Å². The summed E-state index contributed by atoms with van der Waals surface area (Å²) in [7, 11) is -8.23. The second kappa shape index (κ2) is 20.9. The van der Waals surface area contributed by atoms with Gasteiger partial charge in [-0.15, -0.1) is 0 Å². The molecule has 1 saturated heterocycles. The van der Waals surface area contributed by atoms with Gasteiger partial charge in [0.15, 0.2) is 0 Å². The summed E-state index contributed by atoms with van der Waals surface area (Å²) in [6.45, 7) is 5.06. The number of rotatable bonds is 12. The number of para-hydroxylation sites is 2. The summed E-state index contributed by atoms with van der Waals surface area (Å²) >= 11 is 0. The molecular weight excluding hydrogens is 845 g/mol. The number of aromatic amines is 2. The molecule has 7 rings (SSSR count). The predicted molar refractivity (Wildman–Crippen MR) is 240 cm³/mol. The molecule has 4 aromatic carbocycles. The fourth-order valence-electron chi connectivity index (χ4n) is 7.57. The van der Waals surface area contributed by atoms with Gasteiger partial charge in [-0.1, -0.05) is 71.8 Å². The summed E-state index contributed by atoms with van der Waals surface area (Å²) in [6.07, 6.45) is 3.72. The van der Waals surface area contributed by atoms with Gasteiger partial charge in [0.05, 0.1) is 49.4 Å². The van der Waals surface area contributed by atoms with Gasteiger partial charge in [0.2, 0.25) is 31.9 Å². The lowest BCUT2D eigenvalue weighted by atomic mass is 10.0. The zero-order chi connectivity index (χ0) is 44.4. The van der Waals surface area contributed by atoms with E-state index in [2.05, 4.69) is 19.4 Å². The number of aryl methyl sites for hydroxylation is 2. The van der Waals surface area contributed by atoms with Crippen molar-refractivity contribution in [2.24, 2.45) is 0 Å². The first-order valence-electron chi connectivity index (χ1n) is 21.0. The lowest BCUT2D eigenvalue weighted by Gasteiger charge is -2.29. The number of nitrogens with zero attached hydrogens (tertiary/aromatic N) is 2. The molecule has 2 atom stereocenters. The van der Waals surface area contributed by atoms with Crippen molar-refractivity contribution in [2.75, 3.05) is 65.8 Å². The largest absolute Gasteiger partial charge is 0.378 e. The van der Waals surface area contributed by atoms with Gasteiger partial charge in [0.25, 0.3) is 0 Å². The number of benzene rings is 4. The highest BCUT2D eigenvalue weighted by Crippen LogP contribution is 2.23. The van der Waals surface area contributed by atoms with Crippen molar-refractivity contribution in [3.63, 3.8) is 0 Å². The molecule has 1 fully saturated rings. The molecule has 17 heteroatoms. The fraction of sp³-hybridized carbons (Fsp3) is 0.348. The summed E-state index contributed by atoms with van der Waals surface area (Å²) in [4.78, 5) is 38.6. The van der Waals surface area contributed by atoms with Crippen molar-refractivity contribution in [1.29, 1.82) is 0 Å². The Kier molecular flexibility index (Phi) is 15.1. The number of hydrogen-bond acceptors (Lipinski definition) is 9. The monoisotopic (exact) mass is 898 g/mol. The van der Waals surface area contributed by atoms with Crippen molar-refractivity contribution in [1.82, 2.24) is 29.2 Å². The number of hydrogen-bond donors (Lipinski definition) is 4. The van der Waals surface area contributed by atoms with Gasteiger partial charge in [0.1, 0.15) is 12.1 Å². The minimum Gasteiger partial charge on any atom is -0.378 e. The highest BCUT2D eigenvalue weighted by Gasteiger charge is 2.32. The molecule has 4 N–H and O–H groups in total. The lowest BCUT2D eigenvalue weighted by molar-refractivity contribution is -0.134. The second-order valence-electron chi connectivity index (χ2n) is 15.6. The van der Waals surface area contributed by atoms with Crippen molar-refractivity contribution < 1.29 is 40.6 Å². The molecule has 2 amide bonds. The first-order valence-corrected chi connectivity index (χ1v) is 23.9. The van der Waals surface area contributed by atoms with Crippen LogP contribution in [0.4, 0.5) is 0 Å². The average molecular weight is 899 g/mol. The number of aromatic nitrogens is 2. The van der Waals surface area contributed by atoms with Gasteiger partial charge in [-0.25, -0.2) is 16.8 Å². The standard InChI is InChI=1S/C46H54N6O9S2/c1-33-11-15-37(16-12-33)62(55,56)49-43(29-35-31-47-41-9-5-3-7-39(35)41)45(53)51-19-23-59-24-20-52(22-26-61-28-27-60-25-21-51)46(54)44(30-36-32-48-42-10-6-4-8-40(36)42)50-63(57,58)38-17-13-34(2)14-18-38/h3-18,31-32,43-44,47-50H,19-30H2,1-2H3/t43-,44-/m0/s1. The molecule has 1 aliphatic rings. The van der Waals surface area contributed by atoms with Crippen LogP contribution >= 0.6 is 0 Å². The molecule has 2 aromatic heterocycles. The summed E-state index contributed by atoms with van der Waals surface area (Å²) in [5, 5.41) is 1.75. The smallest absolute Gasteiger partial charge is 0.241 e. The van der Waals surface area contributed by atoms with E-state index in [1.54, 1.807) is 36.7 Å². The van der Waals surface area contributed by atoms with Crippen LogP contribution in [0, 0.1) is 13.8 Å². The molecule has 0 aliphatic carbocycles. The van der Waals surface area contributed by atoms with Gasteiger partial charge in [0, 0.05) is 60.4 Å². The van der Waals surface area contributed by atoms with Gasteiger partial charge in [-0.05, 0) is 74.2 Å². The van der Waals surface area contributed by atoms with Gasteiger partial charge >= 0.3 is 0 Å². The number of sulfonamides is 2. The Morgan fingerprint density at radius 1 is 0.540 bits per heavy atom. The summed E-state index contributed by atoms with van der Waals surface area (Å²) in [5.74, 6) is -0.914. The summed E-state index contributed by atoms with van der Waals surface area (Å²) < 4.78 is 78.2. The van der Waals surface area contributed by atoms with E-state index in [-0.39, 0.29) is 88.5 Å². The van der Waals surface area contributed by atoms with Crippen LogP contribution in [0.15, 0.2) is 119 Å². The first kappa shape index (κ1) is 45.6. The van der Waals surface area contributed by atoms with E-state index in [0.29, 0.717) is 0 Å². The van der Waals surface area contributed by atoms with Crippen LogP contribution in [0.5, 0.6) is 0 Å². The Balaban J connectivity index is 1.08. The van der Waals surface area contributed by atoms with Crippen LogP contribution in [0.25, 0.3) is 21.8 Å². The van der Waals surface area contributed by atoms with E-state index in [4.69, 9.17) is 14.2 Å². The maximum absolute atomic E-state index is 14.5. The Bertz CT molecular complexity index is 2520. The third-order valence-electron chi connectivity index (χ3n) is 11.1. The lowest BCUT2D eigenvalue weighted by Crippen LogP contribution is -2.51. The van der Waals surface area contributed by atoms with Crippen LogP contribution in [0.1, 0.15) is 22.3 Å². The number of carbonyl (C=O) groups excluding carboxylic acids is 2. The average Bonchev–Trinajstić information content (AvgIpc) is 3.88. The van der Waals surface area contributed by atoms with E-state index < -0.39 is 43.9 Å². The molecule has 1 aliphatic heterocycles. The molecule has 63 heavy (non-hydrogen) atoms. The third-order valence-corrected chi connectivity index (χ3v) is 14.0. The maximum atomic E-state index is 14.5. The fourth-order valence-corrected chi connectivity index (χ4v) is 9.95. The summed E-state index contributed by atoms with van der Waals surface area (Å²) in [5.41, 5.74) is 5.05. The Labute approximate surface area is 368 Å². The van der Waals surface area contributed by atoms with Crippen LogP contribution in [0.3, 0.4) is 0 Å². The van der Waals surface area contributed by atoms with Gasteiger partial charge in [-0.2, -0.15) is 9.44 Å². The number of amides is 2. The van der Waals surface area contributed by atoms with Crippen molar-refractivity contribution in [3.05, 3.63) is 132 Å². The molecule has 0 bridgehead atoms. The molecule has 6 aromatic rings. The minimum absolute atomic E-state index is 0.0410. The molecule has 0 radical (unpaired) electrons. The molecule has 0 unspecified atom stereocenters. The number of carbonyl (C=O) groups is 2. The topological polar surface area (TPSA) is 192 Å². The normalized spacial score (nSPS) is 16.3. The Morgan fingerprint density at radius 3 is 1.27 bits per heavy atom. The molecular formula is C46H54N6O9S2. The Morgan fingerprint density at radius 2 is 0.889 bits per heavy atom. The third kappa shape index (κ3) is 11.8. The van der Waals surface area contributed by atoms with E-state index in [9.17, 15) is 26.4 Å². The molecule has 0 spiro atoms. The van der Waals surface area contributed by atoms with Crippen LogP contribution in [-0.2, 0) is 56.7 Å². The maximum Gasteiger partial charge on any atom is 0.241 e. The minimum atomic E-state index is -4.12. The quantitative estimate of drug-likeness (QED) is 0.137. The molecule has 0 saturated carbocycles. The number of H-pyrrole nitrogens is 2. The molecule has 15 nitrogen and oxygen atoms in total. The first-order chi connectivity index (χ1) is 30.4. The predicted octanol–water partition coefficient (Wildman–Crippen LogP) is 4.47. The van der Waals surface area contributed by atoms with E-state index in [1.807, 2.05) is 62.4 Å². The van der Waals surface area contributed by atoms with Crippen LogP contribution in [0.2, 0.25) is 0 Å². The van der Waals surface area contributed by atoms with E-state index in [0.717, 1.165) is 44.1 Å². The van der Waals surface area contributed by atoms with Crippen molar-refractivity contribution >= 4 is 53.7 Å². The number of ether oxygens (including phenoxy) is 3. The zero-order valence-electron chi connectivity index (χ0n) is 35.4. The highest BCUT2D eigenvalue weighted by atomic mass is 32.2. The number of fused-ring (bicyclic) bond motifs is 2. The van der Waals surface area contributed by atoms with Crippen LogP contribution in [-0.4, -0.2) is 126 Å². The van der Waals surface area contributed by atoms with E-state index >= 15 is 0 Å². The molecule has 3 heterocycles. The summed E-state index contributed by atoms with van der Waals surface area (Å²) in [6, 6.07) is 25.7. The van der Waals surface area contributed by atoms with Crippen molar-refractivity contribution in [3.8, 4) is 0 Å². The molecule has 334 valence electrons. The van der Waals surface area contributed by atoms with Gasteiger partial charge in [-0.3, -0.25) is 9.59 Å². The zero-order valence-corrected chi connectivity index (χ0v) is 37.1. The Hall–Kier alpha value is -5.40. The number of nitrogens with one attached hydrogen (secondary N) is 4. The van der Waals surface area contributed by atoms with Crippen molar-refractivity contribution in [2.45, 2.75) is 48.6 Å². The SMILES string of the molecule is Cc1ccc(S(=O)(=O)N[C@@H](Cc2c[nH]c3ccccc23)C(=O)N2CCOCCOCCN(C(=O)[C@H](Cc3c[nH]c4ccccc34)NS(=O)(=O)c3ccc(C)cc3)CCOCC2)cc1. The second-order valence-corrected chi connectivity index (χ2v) is 19.0.